The zero-order valence-corrected chi connectivity index (χ0v) is 12.4. The van der Waals surface area contributed by atoms with Gasteiger partial charge in [-0.15, -0.1) is 0 Å². The van der Waals surface area contributed by atoms with Crippen molar-refractivity contribution in [2.24, 2.45) is 18.7 Å². The Morgan fingerprint density at radius 2 is 2.11 bits per heavy atom. The molecule has 1 aliphatic heterocycles. The van der Waals surface area contributed by atoms with Gasteiger partial charge in [0.15, 0.2) is 0 Å². The molecule has 0 bridgehead atoms. The summed E-state index contributed by atoms with van der Waals surface area (Å²) >= 11 is 6.36. The molecule has 5 nitrogen and oxygen atoms in total. The van der Waals surface area contributed by atoms with Crippen LogP contribution < -0.4 is 5.73 Å². The van der Waals surface area contributed by atoms with Crippen molar-refractivity contribution in [3.8, 4) is 0 Å². The SMILES string of the molecule is CCc1nn(C)c(CN2CCC(C(=N)N)CC2)c1Cl. The first-order valence-corrected chi connectivity index (χ1v) is 7.17. The van der Waals surface area contributed by atoms with Crippen molar-refractivity contribution < 1.29 is 0 Å². The van der Waals surface area contributed by atoms with Gasteiger partial charge in [0.2, 0.25) is 0 Å². The molecule has 0 radical (unpaired) electrons. The van der Waals surface area contributed by atoms with Crippen LogP contribution in [0.5, 0.6) is 0 Å². The lowest BCUT2D eigenvalue weighted by molar-refractivity contribution is 0.197. The Kier molecular flexibility index (Phi) is 4.47. The molecule has 2 rings (SSSR count). The number of likely N-dealkylation sites (tertiary alicyclic amines) is 1. The monoisotopic (exact) mass is 283 g/mol. The predicted octanol–water partition coefficient (Wildman–Crippen LogP) is 1.78. The summed E-state index contributed by atoms with van der Waals surface area (Å²) < 4.78 is 1.89. The Morgan fingerprint density at radius 3 is 2.58 bits per heavy atom. The first kappa shape index (κ1) is 14.3. The van der Waals surface area contributed by atoms with Gasteiger partial charge in [-0.2, -0.15) is 5.10 Å². The minimum atomic E-state index is 0.254. The minimum absolute atomic E-state index is 0.254. The topological polar surface area (TPSA) is 70.9 Å². The summed E-state index contributed by atoms with van der Waals surface area (Å²) in [6.07, 6.45) is 2.79. The quantitative estimate of drug-likeness (QED) is 0.654. The zero-order valence-electron chi connectivity index (χ0n) is 11.6. The molecule has 0 spiro atoms. The maximum absolute atomic E-state index is 7.50. The molecule has 106 valence electrons. The van der Waals surface area contributed by atoms with Gasteiger partial charge in [0.25, 0.3) is 0 Å². The van der Waals surface area contributed by atoms with E-state index in [2.05, 4.69) is 16.9 Å². The summed E-state index contributed by atoms with van der Waals surface area (Å²) in [4.78, 5) is 2.36. The van der Waals surface area contributed by atoms with E-state index in [0.717, 1.165) is 55.3 Å². The summed E-state index contributed by atoms with van der Waals surface area (Å²) in [6, 6.07) is 0. The van der Waals surface area contributed by atoms with Gasteiger partial charge in [-0.1, -0.05) is 18.5 Å². The van der Waals surface area contributed by atoms with Crippen molar-refractivity contribution in [2.75, 3.05) is 13.1 Å². The molecule has 1 saturated heterocycles. The summed E-state index contributed by atoms with van der Waals surface area (Å²) in [7, 11) is 1.95. The van der Waals surface area contributed by atoms with Gasteiger partial charge < -0.3 is 5.73 Å². The molecular formula is C13H22ClN5. The lowest BCUT2D eigenvalue weighted by Gasteiger charge is -2.31. The molecular weight excluding hydrogens is 262 g/mol. The highest BCUT2D eigenvalue weighted by atomic mass is 35.5. The minimum Gasteiger partial charge on any atom is -0.387 e. The first-order valence-electron chi connectivity index (χ1n) is 6.79. The highest BCUT2D eigenvalue weighted by Crippen LogP contribution is 2.24. The van der Waals surface area contributed by atoms with Gasteiger partial charge in [-0.25, -0.2) is 0 Å². The second-order valence-corrected chi connectivity index (χ2v) is 5.57. The Balaban J connectivity index is 1.99. The van der Waals surface area contributed by atoms with Crippen LogP contribution in [0, 0.1) is 11.3 Å². The van der Waals surface area contributed by atoms with Crippen molar-refractivity contribution in [2.45, 2.75) is 32.7 Å². The van der Waals surface area contributed by atoms with E-state index < -0.39 is 0 Å². The van der Waals surface area contributed by atoms with Gasteiger partial charge in [-0.3, -0.25) is 15.0 Å². The molecule has 0 amide bonds. The first-order chi connectivity index (χ1) is 9.02. The molecule has 6 heteroatoms. The van der Waals surface area contributed by atoms with Gasteiger partial charge in [0, 0.05) is 19.5 Å². The Bertz CT molecular complexity index is 460. The van der Waals surface area contributed by atoms with Crippen molar-refractivity contribution in [1.29, 1.82) is 5.41 Å². The average molecular weight is 284 g/mol. The van der Waals surface area contributed by atoms with E-state index in [0.29, 0.717) is 5.84 Å². The number of nitrogens with one attached hydrogen (secondary N) is 1. The number of nitrogens with two attached hydrogens (primary N) is 1. The molecule has 0 saturated carbocycles. The molecule has 0 aliphatic carbocycles. The number of piperidine rings is 1. The number of aromatic nitrogens is 2. The Morgan fingerprint density at radius 1 is 1.47 bits per heavy atom. The number of halogens is 1. The van der Waals surface area contributed by atoms with Crippen LogP contribution in [0.3, 0.4) is 0 Å². The van der Waals surface area contributed by atoms with Crippen molar-refractivity contribution in [1.82, 2.24) is 14.7 Å². The molecule has 0 unspecified atom stereocenters. The van der Waals surface area contributed by atoms with Crippen molar-refractivity contribution in [3.05, 3.63) is 16.4 Å². The van der Waals surface area contributed by atoms with Gasteiger partial charge >= 0.3 is 0 Å². The normalized spacial score (nSPS) is 17.8. The third-order valence-electron chi connectivity index (χ3n) is 3.90. The van der Waals surface area contributed by atoms with Crippen LogP contribution in [0.25, 0.3) is 0 Å². The van der Waals surface area contributed by atoms with Crippen LogP contribution in [0.15, 0.2) is 0 Å². The zero-order chi connectivity index (χ0) is 14.0. The van der Waals surface area contributed by atoms with E-state index in [1.165, 1.54) is 0 Å². The summed E-state index contributed by atoms with van der Waals surface area (Å²) in [5.41, 5.74) is 7.62. The molecule has 19 heavy (non-hydrogen) atoms. The van der Waals surface area contributed by atoms with E-state index in [4.69, 9.17) is 22.7 Å². The fourth-order valence-corrected chi connectivity index (χ4v) is 2.96. The van der Waals surface area contributed by atoms with Crippen LogP contribution >= 0.6 is 11.6 Å². The van der Waals surface area contributed by atoms with Crippen LogP contribution in [-0.2, 0) is 20.0 Å². The molecule has 0 atom stereocenters. The number of rotatable bonds is 4. The van der Waals surface area contributed by atoms with Crippen LogP contribution in [0.2, 0.25) is 5.02 Å². The molecule has 0 aromatic carbocycles. The number of hydrogen-bond donors (Lipinski definition) is 2. The van der Waals surface area contributed by atoms with E-state index in [9.17, 15) is 0 Å². The van der Waals surface area contributed by atoms with Crippen molar-refractivity contribution in [3.63, 3.8) is 0 Å². The van der Waals surface area contributed by atoms with Gasteiger partial charge in [-0.05, 0) is 32.4 Å². The van der Waals surface area contributed by atoms with E-state index in [1.54, 1.807) is 0 Å². The van der Waals surface area contributed by atoms with Crippen molar-refractivity contribution >= 4 is 17.4 Å². The third-order valence-corrected chi connectivity index (χ3v) is 4.34. The largest absolute Gasteiger partial charge is 0.387 e. The van der Waals surface area contributed by atoms with E-state index in [-0.39, 0.29) is 5.92 Å². The summed E-state index contributed by atoms with van der Waals surface area (Å²) in [6.45, 7) is 4.82. The molecule has 2 heterocycles. The highest BCUT2D eigenvalue weighted by Gasteiger charge is 2.23. The molecule has 3 N–H and O–H groups in total. The second kappa shape index (κ2) is 5.92. The lowest BCUT2D eigenvalue weighted by Crippen LogP contribution is -2.38. The Hall–Kier alpha value is -1.07. The smallest absolute Gasteiger partial charge is 0.0937 e. The summed E-state index contributed by atoms with van der Waals surface area (Å²) in [5, 5.41) is 12.7. The molecule has 1 aliphatic rings. The highest BCUT2D eigenvalue weighted by molar-refractivity contribution is 6.31. The number of hydrogen-bond acceptors (Lipinski definition) is 3. The Labute approximate surface area is 119 Å². The fourth-order valence-electron chi connectivity index (χ4n) is 2.61. The number of amidine groups is 1. The number of nitrogens with zero attached hydrogens (tertiary/aromatic N) is 3. The van der Waals surface area contributed by atoms with Crippen LogP contribution in [-0.4, -0.2) is 33.6 Å². The third kappa shape index (κ3) is 3.09. The van der Waals surface area contributed by atoms with E-state index in [1.807, 2.05) is 11.7 Å². The predicted molar refractivity (Wildman–Crippen MR) is 77.5 cm³/mol. The fraction of sp³-hybridized carbons (Fsp3) is 0.692. The maximum atomic E-state index is 7.50. The molecule has 1 aromatic heterocycles. The van der Waals surface area contributed by atoms with Gasteiger partial charge in [0.1, 0.15) is 0 Å². The number of aryl methyl sites for hydroxylation is 2. The standard InChI is InChI=1S/C13H22ClN5/c1-3-10-12(14)11(18(2)17-10)8-19-6-4-9(5-7-19)13(15)16/h9H,3-8H2,1-2H3,(H3,15,16). The van der Waals surface area contributed by atoms with E-state index >= 15 is 0 Å². The second-order valence-electron chi connectivity index (χ2n) is 5.19. The van der Waals surface area contributed by atoms with Gasteiger partial charge in [0.05, 0.1) is 22.2 Å². The van der Waals surface area contributed by atoms with Crippen LogP contribution in [0.1, 0.15) is 31.2 Å². The van der Waals surface area contributed by atoms with Crippen LogP contribution in [0.4, 0.5) is 0 Å². The maximum Gasteiger partial charge on any atom is 0.0937 e. The average Bonchev–Trinajstić information content (AvgIpc) is 2.67. The molecule has 1 fully saturated rings. The lowest BCUT2D eigenvalue weighted by atomic mass is 9.96. The summed E-state index contributed by atoms with van der Waals surface area (Å²) in [5.74, 6) is 0.580. The molecule has 1 aromatic rings.